The summed E-state index contributed by atoms with van der Waals surface area (Å²) in [5, 5.41) is 7.48. The molecule has 0 radical (unpaired) electrons. The number of aromatic nitrogens is 3. The number of anilines is 4. The Bertz CT molecular complexity index is 1800. The molecule has 2 aromatic heterocycles. The number of carbonyl (C=O) groups excluding carboxylic acids is 1. The van der Waals surface area contributed by atoms with Crippen molar-refractivity contribution < 1.29 is 9.53 Å². The van der Waals surface area contributed by atoms with Crippen LogP contribution in [0.15, 0.2) is 67.5 Å². The minimum absolute atomic E-state index is 0.246. The highest BCUT2D eigenvalue weighted by atomic mass is 16.5. The fraction of sp³-hybridized carbons (Fsp3) is 0.462. The van der Waals surface area contributed by atoms with Crippen molar-refractivity contribution in [2.24, 2.45) is 7.05 Å². The van der Waals surface area contributed by atoms with E-state index in [-0.39, 0.29) is 11.4 Å². The normalized spacial score (nSPS) is 16.8. The number of benzene rings is 2. The zero-order valence-electron chi connectivity index (χ0n) is 30.6. The second-order valence-electron chi connectivity index (χ2n) is 14.5. The highest BCUT2D eigenvalue weighted by molar-refractivity contribution is 6.02. The van der Waals surface area contributed by atoms with Crippen molar-refractivity contribution in [2.75, 3.05) is 82.0 Å². The van der Waals surface area contributed by atoms with Gasteiger partial charge in [0.2, 0.25) is 11.9 Å². The van der Waals surface area contributed by atoms with Gasteiger partial charge in [0.1, 0.15) is 5.75 Å². The van der Waals surface area contributed by atoms with Gasteiger partial charge in [0.05, 0.1) is 29.9 Å². The molecule has 2 fully saturated rings. The zero-order valence-corrected chi connectivity index (χ0v) is 30.6. The molecule has 1 amide bonds. The number of aryl methyl sites for hydroxylation is 1. The predicted molar refractivity (Wildman–Crippen MR) is 205 cm³/mol. The summed E-state index contributed by atoms with van der Waals surface area (Å²) in [6.07, 6.45) is 7.53. The van der Waals surface area contributed by atoms with E-state index in [1.807, 2.05) is 37.4 Å². The standard InChI is InChI=1S/C39H53N9O2/c1-8-37(49)41-32-25-33(43-38-40-16-13-31(42-38)30-27-45(6)34-12-10-9-11-29(30)34)36(50-7)26-35(32)44(5)19-20-46-17-14-28(15-18-46)47-21-23-48(24-22-47)39(2,3)4/h8-13,16,25-28H,1,14-15,17-24H2,2-7H3,(H,41,49)(H,40,42,43). The number of piperidine rings is 1. The quantitative estimate of drug-likeness (QED) is 0.190. The number of hydrogen-bond donors (Lipinski definition) is 2. The third kappa shape index (κ3) is 7.96. The molecule has 2 aliphatic rings. The number of nitrogens with zero attached hydrogens (tertiary/aromatic N) is 7. The van der Waals surface area contributed by atoms with Crippen molar-refractivity contribution in [1.82, 2.24) is 29.2 Å². The summed E-state index contributed by atoms with van der Waals surface area (Å²) in [5.41, 5.74) is 5.37. The van der Waals surface area contributed by atoms with Gasteiger partial charge in [0, 0.05) is 99.9 Å². The summed E-state index contributed by atoms with van der Waals surface area (Å²) in [6, 6.07) is 14.7. The molecule has 266 valence electrons. The average molecular weight is 680 g/mol. The van der Waals surface area contributed by atoms with E-state index in [9.17, 15) is 4.79 Å². The molecule has 0 atom stereocenters. The summed E-state index contributed by atoms with van der Waals surface area (Å²) < 4.78 is 7.96. The maximum Gasteiger partial charge on any atom is 0.247 e. The number of fused-ring (bicyclic) bond motifs is 1. The third-order valence-electron chi connectivity index (χ3n) is 10.3. The summed E-state index contributed by atoms with van der Waals surface area (Å²) in [6.45, 7) is 19.2. The molecule has 0 bridgehead atoms. The van der Waals surface area contributed by atoms with E-state index in [2.05, 4.69) is 92.5 Å². The van der Waals surface area contributed by atoms with Crippen LogP contribution in [0.25, 0.3) is 22.2 Å². The molecule has 2 N–H and O–H groups in total. The maximum absolute atomic E-state index is 12.6. The molecule has 0 spiro atoms. The number of hydrogen-bond acceptors (Lipinski definition) is 9. The van der Waals surface area contributed by atoms with E-state index in [1.165, 1.54) is 32.0 Å². The number of amides is 1. The molecule has 6 rings (SSSR count). The lowest BCUT2D eigenvalue weighted by Gasteiger charge is -2.46. The Hall–Kier alpha value is -4.45. The Morgan fingerprint density at radius 2 is 1.80 bits per heavy atom. The second-order valence-corrected chi connectivity index (χ2v) is 14.5. The first-order chi connectivity index (χ1) is 24.0. The lowest BCUT2D eigenvalue weighted by atomic mass is 10.0. The molecule has 11 heteroatoms. The number of likely N-dealkylation sites (tertiary alicyclic amines) is 1. The van der Waals surface area contributed by atoms with Gasteiger partial charge in [-0.15, -0.1) is 0 Å². The summed E-state index contributed by atoms with van der Waals surface area (Å²) in [5.74, 6) is 0.765. The molecule has 2 aromatic carbocycles. The Morgan fingerprint density at radius 1 is 1.06 bits per heavy atom. The van der Waals surface area contributed by atoms with Crippen LogP contribution in [0.2, 0.25) is 0 Å². The average Bonchev–Trinajstić information content (AvgIpc) is 3.47. The highest BCUT2D eigenvalue weighted by Gasteiger charge is 2.31. The van der Waals surface area contributed by atoms with E-state index in [0.29, 0.717) is 29.1 Å². The van der Waals surface area contributed by atoms with Crippen molar-refractivity contribution in [3.8, 4) is 17.0 Å². The molecular weight excluding hydrogens is 626 g/mol. The van der Waals surface area contributed by atoms with Crippen LogP contribution >= 0.6 is 0 Å². The third-order valence-corrected chi connectivity index (χ3v) is 10.3. The number of carbonyl (C=O) groups is 1. The second kappa shape index (κ2) is 15.2. The highest BCUT2D eigenvalue weighted by Crippen LogP contribution is 2.38. The predicted octanol–water partition coefficient (Wildman–Crippen LogP) is 5.83. The fourth-order valence-corrected chi connectivity index (χ4v) is 7.35. The molecule has 2 saturated heterocycles. The van der Waals surface area contributed by atoms with Gasteiger partial charge in [-0.1, -0.05) is 24.8 Å². The smallest absolute Gasteiger partial charge is 0.247 e. The number of nitrogens with one attached hydrogen (secondary N) is 2. The van der Waals surface area contributed by atoms with Crippen molar-refractivity contribution >= 4 is 39.8 Å². The van der Waals surface area contributed by atoms with Crippen molar-refractivity contribution in [3.63, 3.8) is 0 Å². The summed E-state index contributed by atoms with van der Waals surface area (Å²) >= 11 is 0. The van der Waals surface area contributed by atoms with Crippen molar-refractivity contribution in [3.05, 3.63) is 67.5 Å². The van der Waals surface area contributed by atoms with Crippen molar-refractivity contribution in [2.45, 2.75) is 45.2 Å². The Balaban J connectivity index is 1.13. The molecule has 4 heterocycles. The van der Waals surface area contributed by atoms with Crippen LogP contribution in [0.4, 0.5) is 23.0 Å². The summed E-state index contributed by atoms with van der Waals surface area (Å²) in [4.78, 5) is 32.0. The Kier molecular flexibility index (Phi) is 10.8. The first-order valence-corrected chi connectivity index (χ1v) is 17.8. The van der Waals surface area contributed by atoms with Crippen LogP contribution in [0.1, 0.15) is 33.6 Å². The molecule has 50 heavy (non-hydrogen) atoms. The van der Waals surface area contributed by atoms with Gasteiger partial charge < -0.3 is 29.7 Å². The van der Waals surface area contributed by atoms with Crippen LogP contribution in [-0.2, 0) is 11.8 Å². The SMILES string of the molecule is C=CC(=O)Nc1cc(Nc2nccc(-c3cn(C)c4ccccc34)n2)c(OC)cc1N(C)CCN1CCC(N2CCN(C(C)(C)C)CC2)CC1. The van der Waals surface area contributed by atoms with Gasteiger partial charge in [-0.3, -0.25) is 14.6 Å². The van der Waals surface area contributed by atoms with E-state index >= 15 is 0 Å². The molecule has 0 aliphatic carbocycles. The van der Waals surface area contributed by atoms with E-state index in [1.54, 1.807) is 13.3 Å². The molecule has 4 aromatic rings. The van der Waals surface area contributed by atoms with Crippen LogP contribution in [0.5, 0.6) is 5.75 Å². The van der Waals surface area contributed by atoms with E-state index in [0.717, 1.165) is 67.1 Å². The van der Waals surface area contributed by atoms with Crippen LogP contribution in [0, 0.1) is 0 Å². The number of ether oxygens (including phenoxy) is 1. The molecular formula is C39H53N9O2. The summed E-state index contributed by atoms with van der Waals surface area (Å²) in [7, 11) is 5.74. The minimum atomic E-state index is -0.282. The lowest BCUT2D eigenvalue weighted by Crippen LogP contribution is -2.57. The van der Waals surface area contributed by atoms with Gasteiger partial charge in [0.15, 0.2) is 0 Å². The van der Waals surface area contributed by atoms with Gasteiger partial charge in [-0.05, 0) is 71.0 Å². The Labute approximate surface area is 296 Å². The Morgan fingerprint density at radius 3 is 2.50 bits per heavy atom. The fourth-order valence-electron chi connectivity index (χ4n) is 7.35. The first-order valence-electron chi connectivity index (χ1n) is 17.8. The van der Waals surface area contributed by atoms with E-state index < -0.39 is 0 Å². The minimum Gasteiger partial charge on any atom is -0.494 e. The number of likely N-dealkylation sites (N-methyl/N-ethyl adjacent to an activating group) is 1. The number of piperazine rings is 1. The van der Waals surface area contributed by atoms with Crippen LogP contribution in [-0.4, -0.2) is 113 Å². The van der Waals surface area contributed by atoms with Crippen molar-refractivity contribution in [1.29, 1.82) is 0 Å². The zero-order chi connectivity index (χ0) is 35.4. The molecule has 0 saturated carbocycles. The largest absolute Gasteiger partial charge is 0.494 e. The van der Waals surface area contributed by atoms with Gasteiger partial charge >= 0.3 is 0 Å². The maximum atomic E-state index is 12.6. The first kappa shape index (κ1) is 35.4. The molecule has 2 aliphatic heterocycles. The molecule has 11 nitrogen and oxygen atoms in total. The van der Waals surface area contributed by atoms with Gasteiger partial charge in [0.25, 0.3) is 0 Å². The van der Waals surface area contributed by atoms with Crippen LogP contribution in [0.3, 0.4) is 0 Å². The number of para-hydroxylation sites is 1. The van der Waals surface area contributed by atoms with Gasteiger partial charge in [-0.25, -0.2) is 9.97 Å². The lowest BCUT2D eigenvalue weighted by molar-refractivity contribution is -0.111. The number of methoxy groups -OCH3 is 1. The van der Waals surface area contributed by atoms with Crippen LogP contribution < -0.4 is 20.3 Å². The number of rotatable bonds is 11. The monoisotopic (exact) mass is 679 g/mol. The van der Waals surface area contributed by atoms with Gasteiger partial charge in [-0.2, -0.15) is 0 Å². The topological polar surface area (TPSA) is 94.0 Å². The molecule has 0 unspecified atom stereocenters. The van der Waals surface area contributed by atoms with E-state index in [4.69, 9.17) is 9.72 Å².